The number of amides is 1. The predicted octanol–water partition coefficient (Wildman–Crippen LogP) is 4.66. The lowest BCUT2D eigenvalue weighted by atomic mass is 10.2. The number of aromatic nitrogens is 2. The van der Waals surface area contributed by atoms with E-state index in [1.807, 2.05) is 55.5 Å². The summed E-state index contributed by atoms with van der Waals surface area (Å²) in [4.78, 5) is 12.6. The molecule has 1 amide bonds. The van der Waals surface area contributed by atoms with Crippen molar-refractivity contribution in [3.8, 4) is 5.75 Å². The van der Waals surface area contributed by atoms with Crippen LogP contribution >= 0.6 is 23.2 Å². The molecular formula is C21H21Cl2N3O2. The highest BCUT2D eigenvalue weighted by atomic mass is 35.5. The number of halogens is 2. The molecule has 0 saturated heterocycles. The summed E-state index contributed by atoms with van der Waals surface area (Å²) in [5, 5.41) is 8.14. The van der Waals surface area contributed by atoms with Gasteiger partial charge in [0.05, 0.1) is 24.3 Å². The van der Waals surface area contributed by atoms with Crippen molar-refractivity contribution >= 4 is 29.1 Å². The van der Waals surface area contributed by atoms with Crippen LogP contribution < -0.4 is 10.1 Å². The van der Waals surface area contributed by atoms with Gasteiger partial charge in [0.1, 0.15) is 17.5 Å². The standard InChI is InChI=1S/C21H21Cl2N3O2/c1-14-7-3-6-10-18(14)28-12-11-24-21(27)19-15(2)25-26(20(19)23)13-16-8-4-5-9-17(16)22/h3-10H,11-13H2,1-2H3,(H,24,27). The molecule has 0 saturated carbocycles. The van der Waals surface area contributed by atoms with Gasteiger partial charge in [0.2, 0.25) is 0 Å². The third kappa shape index (κ3) is 4.66. The van der Waals surface area contributed by atoms with E-state index in [-0.39, 0.29) is 11.1 Å². The molecule has 0 aliphatic rings. The Balaban J connectivity index is 1.61. The Morgan fingerprint density at radius 2 is 1.82 bits per heavy atom. The molecule has 7 heteroatoms. The number of nitrogens with zero attached hydrogens (tertiary/aromatic N) is 2. The van der Waals surface area contributed by atoms with E-state index in [9.17, 15) is 4.79 Å². The Hall–Kier alpha value is -2.50. The second-order valence-corrected chi connectivity index (χ2v) is 7.14. The van der Waals surface area contributed by atoms with E-state index in [4.69, 9.17) is 27.9 Å². The molecule has 28 heavy (non-hydrogen) atoms. The third-order valence-electron chi connectivity index (χ3n) is 4.31. The summed E-state index contributed by atoms with van der Waals surface area (Å²) in [5.41, 5.74) is 2.86. The molecule has 0 unspecified atom stereocenters. The SMILES string of the molecule is Cc1ccccc1OCCNC(=O)c1c(C)nn(Cc2ccccc2Cl)c1Cl. The highest BCUT2D eigenvalue weighted by molar-refractivity contribution is 6.33. The molecule has 0 aliphatic heterocycles. The number of nitrogens with one attached hydrogen (secondary N) is 1. The van der Waals surface area contributed by atoms with Crippen molar-refractivity contribution in [2.45, 2.75) is 20.4 Å². The molecule has 0 aliphatic carbocycles. The average molecular weight is 418 g/mol. The lowest BCUT2D eigenvalue weighted by Crippen LogP contribution is -2.28. The van der Waals surface area contributed by atoms with Crippen LogP contribution in [0.5, 0.6) is 5.75 Å². The molecule has 146 valence electrons. The van der Waals surface area contributed by atoms with E-state index in [2.05, 4.69) is 10.4 Å². The van der Waals surface area contributed by atoms with Crippen LogP contribution in [0.3, 0.4) is 0 Å². The first-order valence-corrected chi connectivity index (χ1v) is 9.66. The van der Waals surface area contributed by atoms with Crippen molar-refractivity contribution in [1.29, 1.82) is 0 Å². The maximum atomic E-state index is 12.6. The molecule has 3 aromatic rings. The van der Waals surface area contributed by atoms with Gasteiger partial charge in [0, 0.05) is 5.02 Å². The summed E-state index contributed by atoms with van der Waals surface area (Å²) < 4.78 is 7.28. The first kappa shape index (κ1) is 20.2. The number of carbonyl (C=O) groups excluding carboxylic acids is 1. The summed E-state index contributed by atoms with van der Waals surface area (Å²) in [6.45, 7) is 4.85. The van der Waals surface area contributed by atoms with E-state index < -0.39 is 0 Å². The van der Waals surface area contributed by atoms with Crippen molar-refractivity contribution in [2.24, 2.45) is 0 Å². The van der Waals surface area contributed by atoms with Crippen LogP contribution in [0.2, 0.25) is 10.2 Å². The van der Waals surface area contributed by atoms with Gasteiger partial charge in [-0.3, -0.25) is 4.79 Å². The topological polar surface area (TPSA) is 56.1 Å². The molecular weight excluding hydrogens is 397 g/mol. The molecule has 1 N–H and O–H groups in total. The summed E-state index contributed by atoms with van der Waals surface area (Å²) in [5.74, 6) is 0.528. The number of benzene rings is 2. The second kappa shape index (κ2) is 9.13. The lowest BCUT2D eigenvalue weighted by molar-refractivity contribution is 0.0946. The minimum Gasteiger partial charge on any atom is -0.491 e. The number of ether oxygens (including phenoxy) is 1. The normalized spacial score (nSPS) is 10.7. The maximum absolute atomic E-state index is 12.6. The second-order valence-electron chi connectivity index (χ2n) is 6.37. The van der Waals surface area contributed by atoms with Gasteiger partial charge < -0.3 is 10.1 Å². The quantitative estimate of drug-likeness (QED) is 0.568. The molecule has 1 heterocycles. The highest BCUT2D eigenvalue weighted by Gasteiger charge is 2.20. The fraction of sp³-hybridized carbons (Fsp3) is 0.238. The minimum absolute atomic E-state index is 0.277. The molecule has 2 aromatic carbocycles. The van der Waals surface area contributed by atoms with Crippen molar-refractivity contribution in [1.82, 2.24) is 15.1 Å². The van der Waals surface area contributed by atoms with Crippen LogP contribution in [0.15, 0.2) is 48.5 Å². The number of aryl methyl sites for hydroxylation is 2. The minimum atomic E-state index is -0.277. The molecule has 5 nitrogen and oxygen atoms in total. The number of hydrogen-bond acceptors (Lipinski definition) is 3. The maximum Gasteiger partial charge on any atom is 0.256 e. The Kier molecular flexibility index (Phi) is 6.60. The van der Waals surface area contributed by atoms with Crippen LogP contribution in [-0.4, -0.2) is 28.8 Å². The molecule has 0 spiro atoms. The van der Waals surface area contributed by atoms with Crippen molar-refractivity contribution in [3.05, 3.63) is 81.1 Å². The van der Waals surface area contributed by atoms with Crippen LogP contribution in [-0.2, 0) is 6.54 Å². The van der Waals surface area contributed by atoms with E-state index in [0.717, 1.165) is 16.9 Å². The molecule has 3 rings (SSSR count). The molecule has 0 fully saturated rings. The Bertz CT molecular complexity index is 986. The number of para-hydroxylation sites is 1. The van der Waals surface area contributed by atoms with E-state index in [0.29, 0.717) is 36.0 Å². The lowest BCUT2D eigenvalue weighted by Gasteiger charge is -2.10. The van der Waals surface area contributed by atoms with Crippen molar-refractivity contribution in [2.75, 3.05) is 13.2 Å². The monoisotopic (exact) mass is 417 g/mol. The van der Waals surface area contributed by atoms with Gasteiger partial charge in [-0.1, -0.05) is 59.6 Å². The molecule has 1 aromatic heterocycles. The number of rotatable bonds is 7. The fourth-order valence-electron chi connectivity index (χ4n) is 2.84. The summed E-state index contributed by atoms with van der Waals surface area (Å²) in [6, 6.07) is 15.2. The van der Waals surface area contributed by atoms with E-state index >= 15 is 0 Å². The van der Waals surface area contributed by atoms with Gasteiger partial charge in [0.15, 0.2) is 0 Å². The fourth-order valence-corrected chi connectivity index (χ4v) is 3.35. The van der Waals surface area contributed by atoms with Gasteiger partial charge in [-0.05, 0) is 37.1 Å². The zero-order chi connectivity index (χ0) is 20.1. The first-order chi connectivity index (χ1) is 13.5. The zero-order valence-corrected chi connectivity index (χ0v) is 17.2. The highest BCUT2D eigenvalue weighted by Crippen LogP contribution is 2.23. The first-order valence-electron chi connectivity index (χ1n) is 8.90. The zero-order valence-electron chi connectivity index (χ0n) is 15.7. The van der Waals surface area contributed by atoms with Gasteiger partial charge in [-0.15, -0.1) is 0 Å². The average Bonchev–Trinajstić information content (AvgIpc) is 2.95. The summed E-state index contributed by atoms with van der Waals surface area (Å²) in [7, 11) is 0. The van der Waals surface area contributed by atoms with E-state index in [1.165, 1.54) is 0 Å². The largest absolute Gasteiger partial charge is 0.491 e. The van der Waals surface area contributed by atoms with Crippen LogP contribution in [0, 0.1) is 13.8 Å². The van der Waals surface area contributed by atoms with Crippen LogP contribution in [0.1, 0.15) is 27.2 Å². The van der Waals surface area contributed by atoms with Gasteiger partial charge in [-0.25, -0.2) is 4.68 Å². The number of hydrogen-bond donors (Lipinski definition) is 1. The van der Waals surface area contributed by atoms with E-state index in [1.54, 1.807) is 11.6 Å². The summed E-state index contributed by atoms with van der Waals surface area (Å²) in [6.07, 6.45) is 0. The van der Waals surface area contributed by atoms with Gasteiger partial charge in [-0.2, -0.15) is 5.10 Å². The summed E-state index contributed by atoms with van der Waals surface area (Å²) >= 11 is 12.6. The third-order valence-corrected chi connectivity index (χ3v) is 5.06. The number of carbonyl (C=O) groups is 1. The Morgan fingerprint density at radius 1 is 1.11 bits per heavy atom. The van der Waals surface area contributed by atoms with Crippen molar-refractivity contribution < 1.29 is 9.53 Å². The molecule has 0 atom stereocenters. The van der Waals surface area contributed by atoms with Crippen LogP contribution in [0.4, 0.5) is 0 Å². The van der Waals surface area contributed by atoms with Gasteiger partial charge in [0.25, 0.3) is 5.91 Å². The predicted molar refractivity (Wildman–Crippen MR) is 112 cm³/mol. The Morgan fingerprint density at radius 3 is 2.57 bits per heavy atom. The smallest absolute Gasteiger partial charge is 0.256 e. The Labute approximate surface area is 174 Å². The van der Waals surface area contributed by atoms with Crippen LogP contribution in [0.25, 0.3) is 0 Å². The molecule has 0 bridgehead atoms. The molecule has 0 radical (unpaired) electrons. The van der Waals surface area contributed by atoms with Gasteiger partial charge >= 0.3 is 0 Å². The van der Waals surface area contributed by atoms with Crippen molar-refractivity contribution in [3.63, 3.8) is 0 Å².